The van der Waals surface area contributed by atoms with Crippen molar-refractivity contribution in [2.45, 2.75) is 13.3 Å². The maximum Gasteiger partial charge on any atom is 0.122 e. The first-order chi connectivity index (χ1) is 11.7. The molecule has 3 aromatic rings. The predicted octanol–water partition coefficient (Wildman–Crippen LogP) is 5.60. The van der Waals surface area contributed by atoms with Crippen molar-refractivity contribution in [3.05, 3.63) is 72.3 Å². The van der Waals surface area contributed by atoms with Crippen molar-refractivity contribution in [3.63, 3.8) is 0 Å². The second kappa shape index (κ2) is 7.22. The number of aryl methyl sites for hydroxylation is 1. The maximum absolute atomic E-state index is 5.41. The molecule has 0 aliphatic rings. The Bertz CT molecular complexity index is 802. The average molecular weight is 318 g/mol. The molecule has 0 amide bonds. The molecule has 0 N–H and O–H groups in total. The molecule has 122 valence electrons. The number of methoxy groups -OCH3 is 2. The number of hydrogen-bond donors (Lipinski definition) is 0. The van der Waals surface area contributed by atoms with Crippen molar-refractivity contribution < 1.29 is 9.47 Å². The monoisotopic (exact) mass is 318 g/mol. The normalized spacial score (nSPS) is 10.5. The lowest BCUT2D eigenvalue weighted by Gasteiger charge is -2.10. The highest BCUT2D eigenvalue weighted by molar-refractivity contribution is 5.71. The number of ether oxygens (including phenoxy) is 2. The molecule has 0 saturated heterocycles. The van der Waals surface area contributed by atoms with Gasteiger partial charge in [0.15, 0.2) is 0 Å². The van der Waals surface area contributed by atoms with Crippen molar-refractivity contribution in [1.82, 2.24) is 0 Å². The van der Waals surface area contributed by atoms with Gasteiger partial charge in [0.05, 0.1) is 14.2 Å². The van der Waals surface area contributed by atoms with Crippen LogP contribution in [-0.4, -0.2) is 14.2 Å². The Hall–Kier alpha value is -2.74. The third-order valence-electron chi connectivity index (χ3n) is 4.30. The van der Waals surface area contributed by atoms with Crippen LogP contribution < -0.4 is 9.47 Å². The molecule has 3 rings (SSSR count). The zero-order chi connectivity index (χ0) is 16.9. The minimum Gasteiger partial charge on any atom is -0.497 e. The Kier molecular flexibility index (Phi) is 4.85. The smallest absolute Gasteiger partial charge is 0.122 e. The molecule has 2 heteroatoms. The van der Waals surface area contributed by atoms with E-state index in [1.807, 2.05) is 18.2 Å². The fraction of sp³-hybridized carbons (Fsp3) is 0.182. The van der Waals surface area contributed by atoms with E-state index in [9.17, 15) is 0 Å². The molecule has 0 aromatic heterocycles. The summed E-state index contributed by atoms with van der Waals surface area (Å²) in [5.74, 6) is 1.83. The van der Waals surface area contributed by atoms with Gasteiger partial charge in [-0.25, -0.2) is 0 Å². The van der Waals surface area contributed by atoms with Gasteiger partial charge in [-0.1, -0.05) is 49.4 Å². The van der Waals surface area contributed by atoms with Crippen LogP contribution in [0.5, 0.6) is 11.5 Å². The van der Waals surface area contributed by atoms with Crippen LogP contribution in [0, 0.1) is 0 Å². The Balaban J connectivity index is 1.88. The molecule has 0 aliphatic carbocycles. The van der Waals surface area contributed by atoms with Crippen molar-refractivity contribution in [2.24, 2.45) is 0 Å². The third kappa shape index (κ3) is 3.28. The highest BCUT2D eigenvalue weighted by Gasteiger charge is 2.05. The maximum atomic E-state index is 5.41. The van der Waals surface area contributed by atoms with Crippen LogP contribution in [0.4, 0.5) is 0 Å². The van der Waals surface area contributed by atoms with Crippen LogP contribution in [0.3, 0.4) is 0 Å². The Labute approximate surface area is 143 Å². The fourth-order valence-electron chi connectivity index (χ4n) is 2.87. The van der Waals surface area contributed by atoms with Gasteiger partial charge in [-0.15, -0.1) is 0 Å². The van der Waals surface area contributed by atoms with Crippen molar-refractivity contribution >= 4 is 0 Å². The van der Waals surface area contributed by atoms with Crippen molar-refractivity contribution in [3.8, 4) is 33.8 Å². The van der Waals surface area contributed by atoms with Gasteiger partial charge in [-0.2, -0.15) is 0 Å². The average Bonchev–Trinajstić information content (AvgIpc) is 2.67. The molecule has 24 heavy (non-hydrogen) atoms. The van der Waals surface area contributed by atoms with Gasteiger partial charge >= 0.3 is 0 Å². The van der Waals surface area contributed by atoms with Crippen LogP contribution >= 0.6 is 0 Å². The molecular formula is C22H22O2. The molecule has 0 fully saturated rings. The first-order valence-electron chi connectivity index (χ1n) is 8.17. The van der Waals surface area contributed by atoms with E-state index in [-0.39, 0.29) is 0 Å². The van der Waals surface area contributed by atoms with Gasteiger partial charge in [0, 0.05) is 0 Å². The molecule has 2 nitrogen and oxygen atoms in total. The van der Waals surface area contributed by atoms with E-state index in [1.165, 1.54) is 27.8 Å². The molecule has 0 atom stereocenters. The second-order valence-corrected chi connectivity index (χ2v) is 5.69. The van der Waals surface area contributed by atoms with Gasteiger partial charge in [-0.3, -0.25) is 0 Å². The van der Waals surface area contributed by atoms with E-state index in [1.54, 1.807) is 14.2 Å². The SMILES string of the molecule is CCc1cc(-c2ccc(-c3ccc(OC)cc3)cc2)ccc1OC. The minimum atomic E-state index is 0.876. The number of hydrogen-bond acceptors (Lipinski definition) is 2. The largest absolute Gasteiger partial charge is 0.497 e. The summed E-state index contributed by atoms with van der Waals surface area (Å²) >= 11 is 0. The highest BCUT2D eigenvalue weighted by Crippen LogP contribution is 2.29. The molecule has 0 heterocycles. The standard InChI is InChI=1S/C22H22O2/c1-4-16-15-20(11-14-22(16)24-3)19-7-5-17(6-8-19)18-9-12-21(23-2)13-10-18/h5-15H,4H2,1-3H3. The summed E-state index contributed by atoms with van der Waals surface area (Å²) in [5, 5.41) is 0. The Morgan fingerprint density at radius 1 is 0.625 bits per heavy atom. The van der Waals surface area contributed by atoms with Gasteiger partial charge in [-0.05, 0) is 58.5 Å². The predicted molar refractivity (Wildman–Crippen MR) is 99.8 cm³/mol. The Morgan fingerprint density at radius 3 is 1.62 bits per heavy atom. The van der Waals surface area contributed by atoms with Crippen LogP contribution in [0.25, 0.3) is 22.3 Å². The molecule has 0 spiro atoms. The van der Waals surface area contributed by atoms with Crippen molar-refractivity contribution in [2.75, 3.05) is 14.2 Å². The van der Waals surface area contributed by atoms with E-state index in [4.69, 9.17) is 9.47 Å². The van der Waals surface area contributed by atoms with Crippen LogP contribution in [0.15, 0.2) is 66.7 Å². The van der Waals surface area contributed by atoms with Gasteiger partial charge in [0.2, 0.25) is 0 Å². The third-order valence-corrected chi connectivity index (χ3v) is 4.30. The highest BCUT2D eigenvalue weighted by atomic mass is 16.5. The summed E-state index contributed by atoms with van der Waals surface area (Å²) in [6.45, 7) is 2.15. The summed E-state index contributed by atoms with van der Waals surface area (Å²) < 4.78 is 10.6. The van der Waals surface area contributed by atoms with Crippen LogP contribution in [-0.2, 0) is 6.42 Å². The van der Waals surface area contributed by atoms with Gasteiger partial charge < -0.3 is 9.47 Å². The lowest BCUT2D eigenvalue weighted by molar-refractivity contribution is 0.410. The van der Waals surface area contributed by atoms with E-state index >= 15 is 0 Å². The lowest BCUT2D eigenvalue weighted by atomic mass is 9.98. The van der Waals surface area contributed by atoms with E-state index in [0.717, 1.165) is 17.9 Å². The summed E-state index contributed by atoms with van der Waals surface area (Å²) in [6.07, 6.45) is 0.959. The van der Waals surface area contributed by atoms with E-state index < -0.39 is 0 Å². The molecule has 0 bridgehead atoms. The topological polar surface area (TPSA) is 18.5 Å². The summed E-state index contributed by atoms with van der Waals surface area (Å²) in [4.78, 5) is 0. The first kappa shape index (κ1) is 16.1. The summed E-state index contributed by atoms with van der Waals surface area (Å²) in [5.41, 5.74) is 6.05. The quantitative estimate of drug-likeness (QED) is 0.609. The first-order valence-corrected chi connectivity index (χ1v) is 8.17. The van der Waals surface area contributed by atoms with E-state index in [2.05, 4.69) is 55.5 Å². The molecule has 0 unspecified atom stereocenters. The summed E-state index contributed by atoms with van der Waals surface area (Å²) in [7, 11) is 3.40. The van der Waals surface area contributed by atoms with E-state index in [0.29, 0.717) is 0 Å². The second-order valence-electron chi connectivity index (χ2n) is 5.69. The molecule has 0 radical (unpaired) electrons. The van der Waals surface area contributed by atoms with Crippen LogP contribution in [0.1, 0.15) is 12.5 Å². The van der Waals surface area contributed by atoms with Gasteiger partial charge in [0.25, 0.3) is 0 Å². The molecule has 0 saturated carbocycles. The zero-order valence-corrected chi connectivity index (χ0v) is 14.4. The molecule has 3 aromatic carbocycles. The number of benzene rings is 3. The number of rotatable bonds is 5. The molecule has 0 aliphatic heterocycles. The van der Waals surface area contributed by atoms with Gasteiger partial charge in [0.1, 0.15) is 11.5 Å². The minimum absolute atomic E-state index is 0.876. The summed E-state index contributed by atoms with van der Waals surface area (Å²) in [6, 6.07) is 23.2. The molecular weight excluding hydrogens is 296 g/mol. The Morgan fingerprint density at radius 2 is 1.12 bits per heavy atom. The lowest BCUT2D eigenvalue weighted by Crippen LogP contribution is -1.91. The zero-order valence-electron chi connectivity index (χ0n) is 14.4. The van der Waals surface area contributed by atoms with Crippen molar-refractivity contribution in [1.29, 1.82) is 0 Å². The van der Waals surface area contributed by atoms with Crippen LogP contribution in [0.2, 0.25) is 0 Å². The fourth-order valence-corrected chi connectivity index (χ4v) is 2.87.